The second-order valence-corrected chi connectivity index (χ2v) is 8.33. The highest BCUT2D eigenvalue weighted by molar-refractivity contribution is 6.33. The Morgan fingerprint density at radius 2 is 1.87 bits per heavy atom. The molecule has 1 aromatic heterocycles. The second-order valence-electron chi connectivity index (χ2n) is 7.92. The van der Waals surface area contributed by atoms with E-state index in [0.29, 0.717) is 11.6 Å². The van der Waals surface area contributed by atoms with Gasteiger partial charge in [0, 0.05) is 31.0 Å². The number of β-amino-alcohol motifs (C(OH)–C–C–N with tert-alkyl or cyclic N) is 1. The largest absolute Gasteiger partial charge is 0.395 e. The van der Waals surface area contributed by atoms with Crippen LogP contribution in [0.2, 0.25) is 5.02 Å². The van der Waals surface area contributed by atoms with E-state index in [0.717, 1.165) is 49.2 Å². The fourth-order valence-electron chi connectivity index (χ4n) is 3.92. The summed E-state index contributed by atoms with van der Waals surface area (Å²) in [5.74, 6) is 0. The van der Waals surface area contributed by atoms with Gasteiger partial charge in [-0.2, -0.15) is 0 Å². The van der Waals surface area contributed by atoms with E-state index in [1.165, 1.54) is 0 Å². The number of halogens is 1. The van der Waals surface area contributed by atoms with Crippen LogP contribution in [0.1, 0.15) is 25.7 Å². The number of aromatic nitrogens is 2. The molecule has 2 aromatic rings. The number of nitrogens with one attached hydrogen (secondary N) is 1. The Kier molecular flexibility index (Phi) is 9.01. The minimum Gasteiger partial charge on any atom is -0.395 e. The summed E-state index contributed by atoms with van der Waals surface area (Å²) in [6, 6.07) is 5.26. The Hall–Kier alpha value is -1.81. The van der Waals surface area contributed by atoms with Crippen LogP contribution < -0.4 is 5.32 Å². The lowest BCUT2D eigenvalue weighted by Gasteiger charge is -2.43. The van der Waals surface area contributed by atoms with E-state index in [4.69, 9.17) is 11.6 Å². The lowest BCUT2D eigenvalue weighted by Crippen LogP contribution is -2.62. The van der Waals surface area contributed by atoms with Crippen molar-refractivity contribution in [3.05, 3.63) is 41.8 Å². The SMILES string of the molecule is OCC1C(O)C(O)C(O)CN1CCCCCCNc1ccc(-c2cnccn2)cc1Cl. The van der Waals surface area contributed by atoms with Gasteiger partial charge in [-0.05, 0) is 31.5 Å². The van der Waals surface area contributed by atoms with Crippen LogP contribution in [0.25, 0.3) is 11.3 Å². The third-order valence-corrected chi connectivity index (χ3v) is 6.04. The molecule has 1 aliphatic rings. The van der Waals surface area contributed by atoms with Crippen LogP contribution in [0.4, 0.5) is 5.69 Å². The molecule has 0 aliphatic carbocycles. The molecule has 5 N–H and O–H groups in total. The molecule has 0 amide bonds. The number of aliphatic hydroxyl groups is 4. The minimum atomic E-state index is -1.21. The summed E-state index contributed by atoms with van der Waals surface area (Å²) in [6.07, 6.45) is 5.53. The zero-order valence-corrected chi connectivity index (χ0v) is 18.2. The highest BCUT2D eigenvalue weighted by atomic mass is 35.5. The Labute approximate surface area is 187 Å². The van der Waals surface area contributed by atoms with E-state index >= 15 is 0 Å². The third-order valence-electron chi connectivity index (χ3n) is 5.73. The first kappa shape index (κ1) is 23.8. The number of hydrogen-bond acceptors (Lipinski definition) is 8. The number of anilines is 1. The summed E-state index contributed by atoms with van der Waals surface area (Å²) in [6.45, 7) is 1.48. The summed E-state index contributed by atoms with van der Waals surface area (Å²) in [5.41, 5.74) is 2.59. The number of unbranched alkanes of at least 4 members (excludes halogenated alkanes) is 3. The molecule has 0 spiro atoms. The highest BCUT2D eigenvalue weighted by Gasteiger charge is 2.40. The number of benzene rings is 1. The van der Waals surface area contributed by atoms with Crippen molar-refractivity contribution in [1.29, 1.82) is 0 Å². The number of hydrogen-bond donors (Lipinski definition) is 5. The van der Waals surface area contributed by atoms with Gasteiger partial charge in [0.15, 0.2) is 0 Å². The molecule has 170 valence electrons. The molecule has 9 heteroatoms. The Balaban J connectivity index is 1.35. The molecule has 0 bridgehead atoms. The van der Waals surface area contributed by atoms with Gasteiger partial charge in [-0.15, -0.1) is 0 Å². The zero-order valence-electron chi connectivity index (χ0n) is 17.4. The van der Waals surface area contributed by atoms with Crippen molar-refractivity contribution in [2.24, 2.45) is 0 Å². The number of rotatable bonds is 10. The average Bonchev–Trinajstić information content (AvgIpc) is 2.78. The second kappa shape index (κ2) is 11.7. The summed E-state index contributed by atoms with van der Waals surface area (Å²) in [7, 11) is 0. The van der Waals surface area contributed by atoms with E-state index in [1.807, 2.05) is 23.1 Å². The first-order valence-corrected chi connectivity index (χ1v) is 11.1. The molecule has 2 heterocycles. The predicted molar refractivity (Wildman–Crippen MR) is 120 cm³/mol. The van der Waals surface area contributed by atoms with E-state index < -0.39 is 24.4 Å². The van der Waals surface area contributed by atoms with Crippen LogP contribution in [0.3, 0.4) is 0 Å². The molecule has 31 heavy (non-hydrogen) atoms. The molecule has 0 saturated carbocycles. The highest BCUT2D eigenvalue weighted by Crippen LogP contribution is 2.27. The van der Waals surface area contributed by atoms with Crippen molar-refractivity contribution >= 4 is 17.3 Å². The predicted octanol–water partition coefficient (Wildman–Crippen LogP) is 1.53. The maximum absolute atomic E-state index is 10.0. The maximum Gasteiger partial charge on any atom is 0.109 e. The molecular weight excluding hydrogens is 420 g/mol. The average molecular weight is 451 g/mol. The van der Waals surface area contributed by atoms with Crippen LogP contribution in [-0.2, 0) is 0 Å². The van der Waals surface area contributed by atoms with Gasteiger partial charge < -0.3 is 25.7 Å². The van der Waals surface area contributed by atoms with Crippen LogP contribution in [-0.4, -0.2) is 85.9 Å². The van der Waals surface area contributed by atoms with Crippen molar-refractivity contribution in [3.8, 4) is 11.3 Å². The topological polar surface area (TPSA) is 122 Å². The molecule has 3 rings (SSSR count). The zero-order chi connectivity index (χ0) is 22.2. The normalized spacial score (nSPS) is 24.3. The molecule has 1 saturated heterocycles. The maximum atomic E-state index is 10.0. The molecule has 4 atom stereocenters. The van der Waals surface area contributed by atoms with Gasteiger partial charge in [0.1, 0.15) is 12.2 Å². The van der Waals surface area contributed by atoms with Crippen LogP contribution in [0, 0.1) is 0 Å². The smallest absolute Gasteiger partial charge is 0.109 e. The Morgan fingerprint density at radius 3 is 2.58 bits per heavy atom. The van der Waals surface area contributed by atoms with E-state index in [9.17, 15) is 20.4 Å². The van der Waals surface area contributed by atoms with Crippen LogP contribution in [0.15, 0.2) is 36.8 Å². The fourth-order valence-corrected chi connectivity index (χ4v) is 4.17. The summed E-state index contributed by atoms with van der Waals surface area (Å²) in [4.78, 5) is 10.2. The quantitative estimate of drug-likeness (QED) is 0.345. The first-order valence-electron chi connectivity index (χ1n) is 10.7. The van der Waals surface area contributed by atoms with Gasteiger partial charge in [-0.25, -0.2) is 0 Å². The van der Waals surface area contributed by atoms with Gasteiger partial charge in [-0.1, -0.05) is 30.5 Å². The number of aliphatic hydroxyl groups excluding tert-OH is 4. The van der Waals surface area contributed by atoms with Crippen molar-refractivity contribution in [2.75, 3.05) is 31.6 Å². The standard InChI is InChI=1S/C22H31ClN4O4/c23-16-11-15(18-12-24-8-9-26-18)5-6-17(16)25-7-3-1-2-4-10-27-13-20(29)22(31)21(30)19(27)14-28/h5-6,8-9,11-12,19-22,25,28-31H,1-4,7,10,13-14H2. The van der Waals surface area contributed by atoms with Crippen LogP contribution in [0.5, 0.6) is 0 Å². The molecular formula is C22H31ClN4O4. The van der Waals surface area contributed by atoms with Gasteiger partial charge in [0.25, 0.3) is 0 Å². The van der Waals surface area contributed by atoms with Gasteiger partial charge in [-0.3, -0.25) is 14.9 Å². The summed E-state index contributed by atoms with van der Waals surface area (Å²) >= 11 is 6.39. The van der Waals surface area contributed by atoms with Gasteiger partial charge in [0.2, 0.25) is 0 Å². The van der Waals surface area contributed by atoms with Crippen molar-refractivity contribution in [2.45, 2.75) is 50.0 Å². The van der Waals surface area contributed by atoms with Crippen LogP contribution >= 0.6 is 11.6 Å². The Bertz CT molecular complexity index is 813. The number of likely N-dealkylation sites (tertiary alicyclic amines) is 1. The number of nitrogens with zero attached hydrogens (tertiary/aromatic N) is 3. The lowest BCUT2D eigenvalue weighted by atomic mass is 9.94. The molecule has 0 radical (unpaired) electrons. The fraction of sp³-hybridized carbons (Fsp3) is 0.545. The summed E-state index contributed by atoms with van der Waals surface area (Å²) < 4.78 is 0. The Morgan fingerprint density at radius 1 is 1.06 bits per heavy atom. The monoisotopic (exact) mass is 450 g/mol. The van der Waals surface area contributed by atoms with Crippen molar-refractivity contribution in [1.82, 2.24) is 14.9 Å². The van der Waals surface area contributed by atoms with Gasteiger partial charge >= 0.3 is 0 Å². The molecule has 4 unspecified atom stereocenters. The molecule has 1 aliphatic heterocycles. The molecule has 1 fully saturated rings. The third kappa shape index (κ3) is 6.35. The van der Waals surface area contributed by atoms with Gasteiger partial charge in [0.05, 0.1) is 41.4 Å². The molecule has 8 nitrogen and oxygen atoms in total. The van der Waals surface area contributed by atoms with Crippen molar-refractivity contribution < 1.29 is 20.4 Å². The van der Waals surface area contributed by atoms with E-state index in [-0.39, 0.29) is 13.2 Å². The molecule has 1 aromatic carbocycles. The van der Waals surface area contributed by atoms with Crippen molar-refractivity contribution in [3.63, 3.8) is 0 Å². The number of piperidine rings is 1. The first-order chi connectivity index (χ1) is 15.0. The lowest BCUT2D eigenvalue weighted by molar-refractivity contribution is -0.145. The van der Waals surface area contributed by atoms with E-state index in [1.54, 1.807) is 18.6 Å². The summed E-state index contributed by atoms with van der Waals surface area (Å²) in [5, 5.41) is 43.1. The minimum absolute atomic E-state index is 0.245. The van der Waals surface area contributed by atoms with E-state index in [2.05, 4.69) is 15.3 Å².